The Morgan fingerprint density at radius 2 is 1.95 bits per heavy atom. The molecule has 0 atom stereocenters. The first-order chi connectivity index (χ1) is 9.58. The SMILES string of the molecule is CC(C)C(C)(C)CNC(=O)c1c(F)ccc([N+](=O)[O-])c1F. The van der Waals surface area contributed by atoms with Crippen LogP contribution in [0.4, 0.5) is 14.5 Å². The minimum atomic E-state index is -1.46. The van der Waals surface area contributed by atoms with Gasteiger partial charge in [-0.3, -0.25) is 14.9 Å². The van der Waals surface area contributed by atoms with Crippen LogP contribution in [0.3, 0.4) is 0 Å². The Labute approximate surface area is 121 Å². The minimum Gasteiger partial charge on any atom is -0.351 e. The van der Waals surface area contributed by atoms with Gasteiger partial charge in [0.2, 0.25) is 5.82 Å². The fourth-order valence-corrected chi connectivity index (χ4v) is 1.49. The zero-order valence-electron chi connectivity index (χ0n) is 12.4. The van der Waals surface area contributed by atoms with Gasteiger partial charge >= 0.3 is 5.69 Å². The number of halogens is 2. The molecule has 0 aliphatic carbocycles. The quantitative estimate of drug-likeness (QED) is 0.670. The summed E-state index contributed by atoms with van der Waals surface area (Å²) in [6.07, 6.45) is 0. The third-order valence-electron chi connectivity index (χ3n) is 3.76. The van der Waals surface area contributed by atoms with E-state index in [-0.39, 0.29) is 17.9 Å². The summed E-state index contributed by atoms with van der Waals surface area (Å²) in [5.74, 6) is -3.35. The molecule has 0 fully saturated rings. The topological polar surface area (TPSA) is 72.2 Å². The van der Waals surface area contributed by atoms with E-state index in [2.05, 4.69) is 5.32 Å². The summed E-state index contributed by atoms with van der Waals surface area (Å²) in [4.78, 5) is 21.5. The highest BCUT2D eigenvalue weighted by Gasteiger charge is 2.28. The smallest absolute Gasteiger partial charge is 0.305 e. The van der Waals surface area contributed by atoms with E-state index in [0.29, 0.717) is 12.1 Å². The summed E-state index contributed by atoms with van der Waals surface area (Å²) in [6, 6.07) is 1.41. The Balaban J connectivity index is 3.03. The standard InChI is InChI=1S/C14H18F2N2O3/c1-8(2)14(3,4)7-17-13(19)11-9(15)5-6-10(12(11)16)18(20)21/h5-6,8H,7H2,1-4H3,(H,17,19). The lowest BCUT2D eigenvalue weighted by Crippen LogP contribution is -2.37. The maximum Gasteiger partial charge on any atom is 0.305 e. The molecule has 1 N–H and O–H groups in total. The first kappa shape index (κ1) is 17.0. The van der Waals surface area contributed by atoms with E-state index < -0.39 is 33.7 Å². The van der Waals surface area contributed by atoms with Crippen molar-refractivity contribution in [2.45, 2.75) is 27.7 Å². The van der Waals surface area contributed by atoms with Crippen molar-refractivity contribution in [3.05, 3.63) is 39.4 Å². The summed E-state index contributed by atoms with van der Waals surface area (Å²) in [6.45, 7) is 7.92. The van der Waals surface area contributed by atoms with E-state index in [1.54, 1.807) is 0 Å². The molecule has 0 spiro atoms. The second kappa shape index (κ2) is 6.15. The number of rotatable bonds is 5. The van der Waals surface area contributed by atoms with Gasteiger partial charge in [-0.1, -0.05) is 27.7 Å². The molecule has 0 unspecified atom stereocenters. The third kappa shape index (κ3) is 3.74. The van der Waals surface area contributed by atoms with E-state index in [9.17, 15) is 23.7 Å². The number of nitro benzene ring substituents is 1. The number of nitro groups is 1. The Morgan fingerprint density at radius 3 is 2.43 bits per heavy atom. The molecule has 1 amide bonds. The van der Waals surface area contributed by atoms with Crippen LogP contribution in [0.5, 0.6) is 0 Å². The fourth-order valence-electron chi connectivity index (χ4n) is 1.49. The largest absolute Gasteiger partial charge is 0.351 e. The van der Waals surface area contributed by atoms with Gasteiger partial charge in [-0.2, -0.15) is 4.39 Å². The van der Waals surface area contributed by atoms with E-state index in [1.807, 2.05) is 27.7 Å². The predicted molar refractivity (Wildman–Crippen MR) is 74.0 cm³/mol. The second-order valence-corrected chi connectivity index (χ2v) is 5.84. The number of nitrogens with one attached hydrogen (secondary N) is 1. The number of carbonyl (C=O) groups excluding carboxylic acids is 1. The van der Waals surface area contributed by atoms with E-state index in [4.69, 9.17) is 0 Å². The maximum atomic E-state index is 13.9. The van der Waals surface area contributed by atoms with E-state index in [0.717, 1.165) is 0 Å². The first-order valence-electron chi connectivity index (χ1n) is 6.48. The van der Waals surface area contributed by atoms with Crippen molar-refractivity contribution in [3.63, 3.8) is 0 Å². The average Bonchev–Trinajstić information content (AvgIpc) is 2.35. The molecule has 21 heavy (non-hydrogen) atoms. The van der Waals surface area contributed by atoms with E-state index in [1.165, 1.54) is 0 Å². The van der Waals surface area contributed by atoms with Crippen molar-refractivity contribution in [2.75, 3.05) is 6.54 Å². The molecule has 0 bridgehead atoms. The number of hydrogen-bond donors (Lipinski definition) is 1. The molecule has 0 saturated carbocycles. The van der Waals surface area contributed by atoms with Crippen LogP contribution in [0.15, 0.2) is 12.1 Å². The highest BCUT2D eigenvalue weighted by molar-refractivity contribution is 5.95. The number of benzene rings is 1. The van der Waals surface area contributed by atoms with Gasteiger partial charge in [-0.15, -0.1) is 0 Å². The molecule has 1 aromatic carbocycles. The van der Waals surface area contributed by atoms with Gasteiger partial charge in [0.25, 0.3) is 5.91 Å². The molecule has 1 aromatic rings. The van der Waals surface area contributed by atoms with Crippen LogP contribution in [-0.2, 0) is 0 Å². The summed E-state index contributed by atoms with van der Waals surface area (Å²) in [7, 11) is 0. The van der Waals surface area contributed by atoms with Crippen LogP contribution in [-0.4, -0.2) is 17.4 Å². The molecule has 0 heterocycles. The molecule has 0 aliphatic heterocycles. The van der Waals surface area contributed by atoms with Gasteiger partial charge in [-0.25, -0.2) is 4.39 Å². The van der Waals surface area contributed by atoms with Crippen molar-refractivity contribution >= 4 is 11.6 Å². The Hall–Kier alpha value is -2.05. The van der Waals surface area contributed by atoms with Crippen molar-refractivity contribution < 1.29 is 18.5 Å². The highest BCUT2D eigenvalue weighted by Crippen LogP contribution is 2.26. The molecule has 1 rings (SSSR count). The molecule has 0 aromatic heterocycles. The van der Waals surface area contributed by atoms with Crippen molar-refractivity contribution in [1.82, 2.24) is 5.32 Å². The summed E-state index contributed by atoms with van der Waals surface area (Å²) >= 11 is 0. The number of hydrogen-bond acceptors (Lipinski definition) is 3. The zero-order chi connectivity index (χ0) is 16.4. The van der Waals surface area contributed by atoms with Gasteiger partial charge in [0, 0.05) is 12.6 Å². The summed E-state index contributed by atoms with van der Waals surface area (Å²) in [5, 5.41) is 13.1. The molecule has 116 valence electrons. The van der Waals surface area contributed by atoms with E-state index >= 15 is 0 Å². The molecular weight excluding hydrogens is 282 g/mol. The molecule has 0 saturated heterocycles. The van der Waals surface area contributed by atoms with Crippen molar-refractivity contribution in [3.8, 4) is 0 Å². The number of nitrogens with zero attached hydrogens (tertiary/aromatic N) is 1. The van der Waals surface area contributed by atoms with Gasteiger partial charge < -0.3 is 5.32 Å². The van der Waals surface area contributed by atoms with Crippen molar-refractivity contribution in [1.29, 1.82) is 0 Å². The molecule has 0 radical (unpaired) electrons. The second-order valence-electron chi connectivity index (χ2n) is 5.84. The maximum absolute atomic E-state index is 13.9. The average molecular weight is 300 g/mol. The van der Waals surface area contributed by atoms with Crippen LogP contribution in [0.1, 0.15) is 38.1 Å². The lowest BCUT2D eigenvalue weighted by atomic mass is 9.81. The van der Waals surface area contributed by atoms with Crippen LogP contribution in [0, 0.1) is 33.1 Å². The van der Waals surface area contributed by atoms with Crippen LogP contribution in [0.25, 0.3) is 0 Å². The van der Waals surface area contributed by atoms with Crippen LogP contribution >= 0.6 is 0 Å². The van der Waals surface area contributed by atoms with Crippen LogP contribution < -0.4 is 5.32 Å². The van der Waals surface area contributed by atoms with Gasteiger partial charge in [0.05, 0.1) is 4.92 Å². The molecule has 7 heteroatoms. The van der Waals surface area contributed by atoms with Gasteiger partial charge in [-0.05, 0) is 17.4 Å². The van der Waals surface area contributed by atoms with Gasteiger partial charge in [0.15, 0.2) is 0 Å². The molecular formula is C14H18F2N2O3. The third-order valence-corrected chi connectivity index (χ3v) is 3.76. The zero-order valence-corrected chi connectivity index (χ0v) is 12.4. The molecule has 5 nitrogen and oxygen atoms in total. The first-order valence-corrected chi connectivity index (χ1v) is 6.48. The lowest BCUT2D eigenvalue weighted by Gasteiger charge is -2.29. The van der Waals surface area contributed by atoms with Crippen molar-refractivity contribution in [2.24, 2.45) is 11.3 Å². The summed E-state index contributed by atoms with van der Waals surface area (Å²) in [5.41, 5.74) is -2.13. The Bertz CT molecular complexity index is 572. The monoisotopic (exact) mass is 300 g/mol. The summed E-state index contributed by atoms with van der Waals surface area (Å²) < 4.78 is 27.5. The number of amides is 1. The Kier molecular flexibility index (Phi) is 4.98. The fraction of sp³-hybridized carbons (Fsp3) is 0.500. The van der Waals surface area contributed by atoms with Crippen LogP contribution in [0.2, 0.25) is 0 Å². The number of carbonyl (C=O) groups is 1. The van der Waals surface area contributed by atoms with Gasteiger partial charge in [0.1, 0.15) is 11.4 Å². The minimum absolute atomic E-state index is 0.199. The molecule has 0 aliphatic rings. The Morgan fingerprint density at radius 1 is 1.38 bits per heavy atom. The predicted octanol–water partition coefficient (Wildman–Crippen LogP) is 3.29. The highest BCUT2D eigenvalue weighted by atomic mass is 19.1. The normalized spacial score (nSPS) is 11.6. The lowest BCUT2D eigenvalue weighted by molar-refractivity contribution is -0.387.